The van der Waals surface area contributed by atoms with Crippen LogP contribution in [0.15, 0.2) is 35.8 Å². The molecule has 0 bridgehead atoms. The minimum absolute atomic E-state index is 0.0327. The molecule has 1 saturated heterocycles. The second-order valence-electron chi connectivity index (χ2n) is 9.64. The molecule has 11 heteroatoms. The zero-order chi connectivity index (χ0) is 23.0. The van der Waals surface area contributed by atoms with E-state index in [-0.39, 0.29) is 18.5 Å². The molecule has 0 aromatic carbocycles. The molecule has 10 nitrogen and oxygen atoms in total. The van der Waals surface area contributed by atoms with E-state index < -0.39 is 8.07 Å². The second-order valence-corrected chi connectivity index (χ2v) is 15.3. The number of aromatic nitrogens is 7. The maximum Gasteiger partial charge on any atom is 0.332 e. The van der Waals surface area contributed by atoms with Gasteiger partial charge in [0.25, 0.3) is 0 Å². The summed E-state index contributed by atoms with van der Waals surface area (Å²) < 4.78 is 16.6. The number of imidazole rings is 1. The van der Waals surface area contributed by atoms with Crippen LogP contribution in [0.2, 0.25) is 25.7 Å². The first-order valence-corrected chi connectivity index (χ1v) is 15.0. The summed E-state index contributed by atoms with van der Waals surface area (Å²) in [4.78, 5) is 27.1. The van der Waals surface area contributed by atoms with Crippen molar-refractivity contribution in [1.82, 2.24) is 33.7 Å². The predicted octanol–water partition coefficient (Wildman–Crippen LogP) is 2.97. The molecule has 174 valence electrons. The summed E-state index contributed by atoms with van der Waals surface area (Å²) in [5.74, 6) is 0.517. The molecule has 0 unspecified atom stereocenters. The molecule has 0 aliphatic carbocycles. The van der Waals surface area contributed by atoms with E-state index >= 15 is 0 Å². The van der Waals surface area contributed by atoms with E-state index in [0.717, 1.165) is 30.0 Å². The maximum atomic E-state index is 13.5. The average Bonchev–Trinajstić information content (AvgIpc) is 3.35. The van der Waals surface area contributed by atoms with Gasteiger partial charge in [-0.15, -0.1) is 0 Å². The summed E-state index contributed by atoms with van der Waals surface area (Å²) >= 11 is 0. The third kappa shape index (κ3) is 4.35. The lowest BCUT2D eigenvalue weighted by Crippen LogP contribution is -2.31. The van der Waals surface area contributed by atoms with Gasteiger partial charge in [-0.05, 0) is 18.9 Å². The van der Waals surface area contributed by atoms with Gasteiger partial charge in [-0.25, -0.2) is 19.3 Å². The first kappa shape index (κ1) is 21.9. The molecule has 0 atom stereocenters. The summed E-state index contributed by atoms with van der Waals surface area (Å²) in [5.41, 5.74) is 2.77. The van der Waals surface area contributed by atoms with Gasteiger partial charge in [0.1, 0.15) is 12.2 Å². The van der Waals surface area contributed by atoms with Crippen LogP contribution in [0.3, 0.4) is 0 Å². The SMILES string of the molecule is C[Si](C)(C)CCOCn1c(=O)n(C2CCOCC2)c2nc(-c3cnn4ccncc34)ncc21. The third-order valence-electron chi connectivity index (χ3n) is 6.04. The Hall–Kier alpha value is -2.89. The highest BCUT2D eigenvalue weighted by atomic mass is 28.3. The predicted molar refractivity (Wildman–Crippen MR) is 127 cm³/mol. The lowest BCUT2D eigenvalue weighted by molar-refractivity contribution is 0.0669. The minimum atomic E-state index is -1.21. The van der Waals surface area contributed by atoms with Crippen molar-refractivity contribution < 1.29 is 9.47 Å². The zero-order valence-corrected chi connectivity index (χ0v) is 20.3. The molecule has 5 heterocycles. The molecule has 5 rings (SSSR count). The fourth-order valence-corrected chi connectivity index (χ4v) is 4.88. The summed E-state index contributed by atoms with van der Waals surface area (Å²) in [6.07, 6.45) is 10.2. The molecular formula is C22H29N7O3Si. The van der Waals surface area contributed by atoms with Gasteiger partial charge < -0.3 is 9.47 Å². The summed E-state index contributed by atoms with van der Waals surface area (Å²) in [6.45, 7) is 9.03. The Morgan fingerprint density at radius 2 is 1.97 bits per heavy atom. The van der Waals surface area contributed by atoms with Gasteiger partial charge in [0.15, 0.2) is 11.5 Å². The van der Waals surface area contributed by atoms with E-state index in [1.54, 1.807) is 44.6 Å². The van der Waals surface area contributed by atoms with Gasteiger partial charge in [0.05, 0.1) is 29.7 Å². The van der Waals surface area contributed by atoms with Crippen molar-refractivity contribution in [3.05, 3.63) is 41.5 Å². The Kier molecular flexibility index (Phi) is 5.85. The van der Waals surface area contributed by atoms with Crippen LogP contribution in [0.25, 0.3) is 28.1 Å². The first-order chi connectivity index (χ1) is 15.9. The molecule has 0 saturated carbocycles. The van der Waals surface area contributed by atoms with Crippen molar-refractivity contribution in [2.75, 3.05) is 19.8 Å². The van der Waals surface area contributed by atoms with Crippen molar-refractivity contribution in [1.29, 1.82) is 0 Å². The van der Waals surface area contributed by atoms with Crippen LogP contribution in [0.1, 0.15) is 18.9 Å². The third-order valence-corrected chi connectivity index (χ3v) is 7.75. The van der Waals surface area contributed by atoms with Crippen LogP contribution in [0.5, 0.6) is 0 Å². The van der Waals surface area contributed by atoms with Crippen LogP contribution in [-0.4, -0.2) is 61.6 Å². The Morgan fingerprint density at radius 3 is 2.76 bits per heavy atom. The van der Waals surface area contributed by atoms with Gasteiger partial charge in [0.2, 0.25) is 0 Å². The number of rotatable bonds is 7. The molecule has 1 aliphatic heterocycles. The van der Waals surface area contributed by atoms with Crippen LogP contribution in [0.4, 0.5) is 0 Å². The van der Waals surface area contributed by atoms with E-state index in [4.69, 9.17) is 14.5 Å². The van der Waals surface area contributed by atoms with E-state index in [1.807, 2.05) is 0 Å². The highest BCUT2D eigenvalue weighted by molar-refractivity contribution is 6.76. The first-order valence-electron chi connectivity index (χ1n) is 11.3. The van der Waals surface area contributed by atoms with Crippen molar-refractivity contribution in [3.63, 3.8) is 0 Å². The van der Waals surface area contributed by atoms with Crippen LogP contribution in [0, 0.1) is 0 Å². The van der Waals surface area contributed by atoms with Crippen molar-refractivity contribution in [2.24, 2.45) is 0 Å². The number of hydrogen-bond acceptors (Lipinski definition) is 7. The Labute approximate surface area is 192 Å². The molecule has 0 spiro atoms. The summed E-state index contributed by atoms with van der Waals surface area (Å²) in [7, 11) is -1.21. The van der Waals surface area contributed by atoms with Crippen molar-refractivity contribution in [3.8, 4) is 11.4 Å². The second kappa shape index (κ2) is 8.80. The lowest BCUT2D eigenvalue weighted by Gasteiger charge is -2.22. The van der Waals surface area contributed by atoms with Gasteiger partial charge in [-0.1, -0.05) is 19.6 Å². The quantitative estimate of drug-likeness (QED) is 0.304. The molecule has 4 aromatic heterocycles. The molecule has 0 amide bonds. The van der Waals surface area contributed by atoms with E-state index in [2.05, 4.69) is 34.7 Å². The smallest absolute Gasteiger partial charge is 0.332 e. The fourth-order valence-electron chi connectivity index (χ4n) is 4.13. The lowest BCUT2D eigenvalue weighted by atomic mass is 10.1. The van der Waals surface area contributed by atoms with Gasteiger partial charge >= 0.3 is 5.69 Å². The standard InChI is InChI=1S/C22H29N7O3Si/c1-33(2,3)11-10-32-15-27-19-14-24-20(17-12-25-28-7-6-23-13-18(17)28)26-21(19)29(22(27)30)16-4-8-31-9-5-16/h6-7,12-14,16H,4-5,8-11,15H2,1-3H3. The van der Waals surface area contributed by atoms with Gasteiger partial charge in [0, 0.05) is 46.3 Å². The number of hydrogen-bond donors (Lipinski definition) is 0. The van der Waals surface area contributed by atoms with Crippen molar-refractivity contribution >= 4 is 24.8 Å². The largest absolute Gasteiger partial charge is 0.381 e. The molecule has 0 N–H and O–H groups in total. The van der Waals surface area contributed by atoms with Crippen LogP contribution >= 0.6 is 0 Å². The maximum absolute atomic E-state index is 13.5. The number of ether oxygens (including phenoxy) is 2. The highest BCUT2D eigenvalue weighted by Crippen LogP contribution is 2.26. The van der Waals surface area contributed by atoms with E-state index in [1.165, 1.54) is 0 Å². The van der Waals surface area contributed by atoms with E-state index in [0.29, 0.717) is 36.8 Å². The molecule has 33 heavy (non-hydrogen) atoms. The molecule has 0 radical (unpaired) electrons. The normalized spacial score (nSPS) is 15.6. The Balaban J connectivity index is 1.56. The fraction of sp³-hybridized carbons (Fsp3) is 0.500. The average molecular weight is 468 g/mol. The molecule has 1 aliphatic rings. The van der Waals surface area contributed by atoms with Crippen LogP contribution in [-0.2, 0) is 16.2 Å². The van der Waals surface area contributed by atoms with Crippen molar-refractivity contribution in [2.45, 2.75) is 51.3 Å². The Morgan fingerprint density at radius 1 is 1.15 bits per heavy atom. The molecular weight excluding hydrogens is 438 g/mol. The minimum Gasteiger partial charge on any atom is -0.381 e. The highest BCUT2D eigenvalue weighted by Gasteiger charge is 2.25. The molecule has 4 aromatic rings. The number of fused-ring (bicyclic) bond motifs is 2. The number of nitrogens with zero attached hydrogens (tertiary/aromatic N) is 7. The van der Waals surface area contributed by atoms with Gasteiger partial charge in [-0.2, -0.15) is 5.10 Å². The Bertz CT molecular complexity index is 1330. The van der Waals surface area contributed by atoms with Gasteiger partial charge in [-0.3, -0.25) is 14.1 Å². The summed E-state index contributed by atoms with van der Waals surface area (Å²) in [5, 5.41) is 4.37. The van der Waals surface area contributed by atoms with E-state index in [9.17, 15) is 4.79 Å². The monoisotopic (exact) mass is 467 g/mol. The summed E-state index contributed by atoms with van der Waals surface area (Å²) in [6, 6.07) is 1.08. The topological polar surface area (TPSA) is 101 Å². The molecule has 1 fully saturated rings. The van der Waals surface area contributed by atoms with Crippen LogP contribution < -0.4 is 5.69 Å². The zero-order valence-electron chi connectivity index (χ0n) is 19.3.